The Bertz CT molecular complexity index is 400. The first kappa shape index (κ1) is 11.8. The zero-order valence-corrected chi connectivity index (χ0v) is 10.4. The molecule has 2 rings (SSSR count). The van der Waals surface area contributed by atoms with Gasteiger partial charge in [-0.3, -0.25) is 0 Å². The summed E-state index contributed by atoms with van der Waals surface area (Å²) in [5.74, 6) is -0.900. The molecule has 1 fully saturated rings. The van der Waals surface area contributed by atoms with Gasteiger partial charge >= 0.3 is 5.97 Å². The lowest BCUT2D eigenvalue weighted by Crippen LogP contribution is -2.01. The largest absolute Gasteiger partial charge is 0.478 e. The van der Waals surface area contributed by atoms with Gasteiger partial charge in [0.05, 0.1) is 5.56 Å². The van der Waals surface area contributed by atoms with Gasteiger partial charge in [0, 0.05) is 15.2 Å². The molecule has 0 atom stereocenters. The molecule has 4 heteroatoms. The molecule has 0 heterocycles. The van der Waals surface area contributed by atoms with Gasteiger partial charge in [0.15, 0.2) is 0 Å². The van der Waals surface area contributed by atoms with Crippen molar-refractivity contribution in [2.45, 2.75) is 35.8 Å². The van der Waals surface area contributed by atoms with Crippen molar-refractivity contribution >= 4 is 29.3 Å². The Morgan fingerprint density at radius 2 is 2.06 bits per heavy atom. The summed E-state index contributed by atoms with van der Waals surface area (Å²) in [5, 5.41) is 10.1. The molecule has 0 aliphatic heterocycles. The van der Waals surface area contributed by atoms with Gasteiger partial charge in [0.1, 0.15) is 0 Å². The molecule has 16 heavy (non-hydrogen) atoms. The van der Waals surface area contributed by atoms with Crippen molar-refractivity contribution in [2.24, 2.45) is 0 Å². The van der Waals surface area contributed by atoms with E-state index in [2.05, 4.69) is 0 Å². The molecule has 0 amide bonds. The van der Waals surface area contributed by atoms with Crippen LogP contribution in [0.3, 0.4) is 0 Å². The SMILES string of the molecule is O=C(O)c1cc(Cl)ccc1SC1CCCC1. The molecule has 0 aromatic heterocycles. The number of hydrogen-bond acceptors (Lipinski definition) is 2. The topological polar surface area (TPSA) is 37.3 Å². The number of carboxylic acids is 1. The average molecular weight is 257 g/mol. The van der Waals surface area contributed by atoms with E-state index < -0.39 is 5.97 Å². The first-order chi connectivity index (χ1) is 7.66. The van der Waals surface area contributed by atoms with E-state index in [9.17, 15) is 4.79 Å². The Morgan fingerprint density at radius 1 is 1.38 bits per heavy atom. The van der Waals surface area contributed by atoms with E-state index >= 15 is 0 Å². The number of halogens is 1. The van der Waals surface area contributed by atoms with Crippen LogP contribution in [0.15, 0.2) is 23.1 Å². The molecule has 1 aromatic carbocycles. The Balaban J connectivity index is 2.21. The Labute approximate surface area is 104 Å². The van der Waals surface area contributed by atoms with Crippen molar-refractivity contribution in [3.05, 3.63) is 28.8 Å². The highest BCUT2D eigenvalue weighted by Gasteiger charge is 2.19. The maximum Gasteiger partial charge on any atom is 0.336 e. The van der Waals surface area contributed by atoms with Crippen molar-refractivity contribution in [3.63, 3.8) is 0 Å². The third-order valence-electron chi connectivity index (χ3n) is 2.77. The second-order valence-corrected chi connectivity index (χ2v) is 5.75. The molecule has 0 spiro atoms. The monoisotopic (exact) mass is 256 g/mol. The minimum atomic E-state index is -0.900. The van der Waals surface area contributed by atoms with Gasteiger partial charge in [0.25, 0.3) is 0 Å². The highest BCUT2D eigenvalue weighted by atomic mass is 35.5. The molecule has 1 aliphatic carbocycles. The third-order valence-corrected chi connectivity index (χ3v) is 4.42. The predicted molar refractivity (Wildman–Crippen MR) is 66.5 cm³/mol. The number of carbonyl (C=O) groups is 1. The summed E-state index contributed by atoms with van der Waals surface area (Å²) in [6.07, 6.45) is 4.89. The number of benzene rings is 1. The van der Waals surface area contributed by atoms with Crippen LogP contribution in [-0.2, 0) is 0 Å². The van der Waals surface area contributed by atoms with Crippen LogP contribution in [0.25, 0.3) is 0 Å². The second-order valence-electron chi connectivity index (χ2n) is 3.97. The summed E-state index contributed by atoms with van der Waals surface area (Å²) in [5.41, 5.74) is 0.324. The van der Waals surface area contributed by atoms with Crippen LogP contribution in [0.4, 0.5) is 0 Å². The zero-order valence-electron chi connectivity index (χ0n) is 8.78. The lowest BCUT2D eigenvalue weighted by atomic mass is 10.2. The van der Waals surface area contributed by atoms with Crippen LogP contribution in [0.5, 0.6) is 0 Å². The van der Waals surface area contributed by atoms with E-state index in [0.29, 0.717) is 15.8 Å². The van der Waals surface area contributed by atoms with Crippen molar-refractivity contribution in [1.82, 2.24) is 0 Å². The van der Waals surface area contributed by atoms with Crippen LogP contribution >= 0.6 is 23.4 Å². The second kappa shape index (κ2) is 5.11. The first-order valence-electron chi connectivity index (χ1n) is 5.36. The summed E-state index contributed by atoms with van der Waals surface area (Å²) in [7, 11) is 0. The smallest absolute Gasteiger partial charge is 0.336 e. The van der Waals surface area contributed by atoms with Gasteiger partial charge in [-0.15, -0.1) is 11.8 Å². The van der Waals surface area contributed by atoms with Gasteiger partial charge in [-0.25, -0.2) is 4.79 Å². The maximum absolute atomic E-state index is 11.1. The minimum Gasteiger partial charge on any atom is -0.478 e. The molecule has 0 saturated heterocycles. The van der Waals surface area contributed by atoms with E-state index in [-0.39, 0.29) is 0 Å². The zero-order chi connectivity index (χ0) is 11.5. The van der Waals surface area contributed by atoms with Gasteiger partial charge in [-0.2, -0.15) is 0 Å². The summed E-state index contributed by atoms with van der Waals surface area (Å²) in [4.78, 5) is 11.9. The average Bonchev–Trinajstić information content (AvgIpc) is 2.73. The van der Waals surface area contributed by atoms with E-state index in [4.69, 9.17) is 16.7 Å². The Morgan fingerprint density at radius 3 is 2.69 bits per heavy atom. The molecule has 1 aromatic rings. The van der Waals surface area contributed by atoms with Crippen LogP contribution in [0.1, 0.15) is 36.0 Å². The maximum atomic E-state index is 11.1. The lowest BCUT2D eigenvalue weighted by Gasteiger charge is -2.11. The van der Waals surface area contributed by atoms with Gasteiger partial charge in [0.2, 0.25) is 0 Å². The summed E-state index contributed by atoms with van der Waals surface area (Å²) >= 11 is 7.48. The predicted octanol–water partition coefficient (Wildman–Crippen LogP) is 4.07. The molecule has 0 unspecified atom stereocenters. The van der Waals surface area contributed by atoms with E-state index in [1.165, 1.54) is 31.7 Å². The van der Waals surface area contributed by atoms with Crippen LogP contribution in [0, 0.1) is 0 Å². The van der Waals surface area contributed by atoms with Crippen LogP contribution in [0.2, 0.25) is 5.02 Å². The minimum absolute atomic E-state index is 0.324. The van der Waals surface area contributed by atoms with E-state index in [0.717, 1.165) is 4.90 Å². The van der Waals surface area contributed by atoms with Gasteiger partial charge < -0.3 is 5.11 Å². The number of carboxylic acid groups (broad SMARTS) is 1. The lowest BCUT2D eigenvalue weighted by molar-refractivity contribution is 0.0693. The Kier molecular flexibility index (Phi) is 3.77. The fourth-order valence-electron chi connectivity index (χ4n) is 1.96. The normalized spacial score (nSPS) is 16.6. The van der Waals surface area contributed by atoms with Crippen molar-refractivity contribution in [3.8, 4) is 0 Å². The molecule has 86 valence electrons. The summed E-state index contributed by atoms with van der Waals surface area (Å²) < 4.78 is 0. The molecule has 1 aliphatic rings. The third kappa shape index (κ3) is 2.71. The fraction of sp³-hybridized carbons (Fsp3) is 0.417. The first-order valence-corrected chi connectivity index (χ1v) is 6.62. The van der Waals surface area contributed by atoms with E-state index in [1.54, 1.807) is 17.8 Å². The van der Waals surface area contributed by atoms with Crippen molar-refractivity contribution in [1.29, 1.82) is 0 Å². The standard InChI is InChI=1S/C12H13ClO2S/c13-8-5-6-11(10(7-8)12(14)15)16-9-3-1-2-4-9/h5-7,9H,1-4H2,(H,14,15). The highest BCUT2D eigenvalue weighted by Crippen LogP contribution is 2.36. The highest BCUT2D eigenvalue weighted by molar-refractivity contribution is 8.00. The van der Waals surface area contributed by atoms with Gasteiger partial charge in [-0.1, -0.05) is 24.4 Å². The van der Waals surface area contributed by atoms with E-state index in [1.807, 2.05) is 6.07 Å². The quantitative estimate of drug-likeness (QED) is 0.886. The molecule has 2 nitrogen and oxygen atoms in total. The van der Waals surface area contributed by atoms with Crippen LogP contribution in [-0.4, -0.2) is 16.3 Å². The molecular weight excluding hydrogens is 244 g/mol. The van der Waals surface area contributed by atoms with Crippen molar-refractivity contribution in [2.75, 3.05) is 0 Å². The number of thioether (sulfide) groups is 1. The number of rotatable bonds is 3. The van der Waals surface area contributed by atoms with Crippen LogP contribution < -0.4 is 0 Å². The fourth-order valence-corrected chi connectivity index (χ4v) is 3.48. The molecular formula is C12H13ClO2S. The molecule has 0 bridgehead atoms. The Hall–Kier alpha value is -0.670. The molecule has 1 saturated carbocycles. The summed E-state index contributed by atoms with van der Waals surface area (Å²) in [6, 6.07) is 5.10. The molecule has 1 N–H and O–H groups in total. The number of aromatic carboxylic acids is 1. The number of hydrogen-bond donors (Lipinski definition) is 1. The van der Waals surface area contributed by atoms with Gasteiger partial charge in [-0.05, 0) is 31.0 Å². The summed E-state index contributed by atoms with van der Waals surface area (Å²) in [6.45, 7) is 0. The van der Waals surface area contributed by atoms with Crippen molar-refractivity contribution < 1.29 is 9.90 Å². The molecule has 0 radical (unpaired) electrons.